The van der Waals surface area contributed by atoms with Crippen molar-refractivity contribution in [2.24, 2.45) is 0 Å². The second-order valence-electron chi connectivity index (χ2n) is 6.58. The number of hydrogen-bond acceptors (Lipinski definition) is 6. The van der Waals surface area contributed by atoms with Gasteiger partial charge in [0, 0.05) is 33.3 Å². The van der Waals surface area contributed by atoms with Crippen molar-refractivity contribution in [3.05, 3.63) is 33.9 Å². The third kappa shape index (κ3) is 5.18. The summed E-state index contributed by atoms with van der Waals surface area (Å²) in [6.07, 6.45) is 5.31. The normalized spacial score (nSPS) is 14.9. The molecule has 1 aliphatic rings. The van der Waals surface area contributed by atoms with Crippen LogP contribution in [-0.2, 0) is 9.53 Å². The summed E-state index contributed by atoms with van der Waals surface area (Å²) in [6.45, 7) is 1.01. The molecule has 26 heavy (non-hydrogen) atoms. The van der Waals surface area contributed by atoms with Crippen LogP contribution in [0.1, 0.15) is 42.5 Å². The highest BCUT2D eigenvalue weighted by Gasteiger charge is 2.21. The van der Waals surface area contributed by atoms with Crippen molar-refractivity contribution in [3.8, 4) is 0 Å². The van der Waals surface area contributed by atoms with Gasteiger partial charge in [-0.05, 0) is 25.0 Å². The van der Waals surface area contributed by atoms with Crippen molar-refractivity contribution in [2.75, 3.05) is 38.7 Å². The summed E-state index contributed by atoms with van der Waals surface area (Å²) < 4.78 is 5.08. The van der Waals surface area contributed by atoms with E-state index in [2.05, 4.69) is 0 Å². The van der Waals surface area contributed by atoms with Crippen LogP contribution in [0, 0.1) is 10.1 Å². The third-order valence-corrected chi connectivity index (χ3v) is 4.43. The number of hydrogen-bond donors (Lipinski definition) is 0. The van der Waals surface area contributed by atoms with Crippen LogP contribution in [0.3, 0.4) is 0 Å². The lowest BCUT2D eigenvalue weighted by Gasteiger charge is -2.24. The van der Waals surface area contributed by atoms with Crippen LogP contribution in [0.5, 0.6) is 0 Å². The molecule has 0 aromatic heterocycles. The Bertz CT molecular complexity index is 667. The lowest BCUT2D eigenvalue weighted by atomic mass is 10.1. The van der Waals surface area contributed by atoms with E-state index in [1.807, 2.05) is 0 Å². The van der Waals surface area contributed by atoms with Gasteiger partial charge >= 0.3 is 5.97 Å². The van der Waals surface area contributed by atoms with E-state index in [1.54, 1.807) is 23.9 Å². The Morgan fingerprint density at radius 3 is 2.35 bits per heavy atom. The first-order valence-corrected chi connectivity index (χ1v) is 8.81. The summed E-state index contributed by atoms with van der Waals surface area (Å²) in [5.74, 6) is -0.960. The molecular weight excluding hydrogens is 338 g/mol. The smallest absolute Gasteiger partial charge is 0.338 e. The highest BCUT2D eigenvalue weighted by molar-refractivity contribution is 5.93. The van der Waals surface area contributed by atoms with Gasteiger partial charge in [0.2, 0.25) is 0 Å². The van der Waals surface area contributed by atoms with Gasteiger partial charge in [0.1, 0.15) is 5.69 Å². The van der Waals surface area contributed by atoms with Crippen LogP contribution in [0.4, 0.5) is 11.4 Å². The zero-order valence-corrected chi connectivity index (χ0v) is 15.3. The molecule has 1 aromatic rings. The van der Waals surface area contributed by atoms with E-state index >= 15 is 0 Å². The fourth-order valence-electron chi connectivity index (χ4n) is 2.97. The zero-order chi connectivity index (χ0) is 19.1. The lowest BCUT2D eigenvalue weighted by molar-refractivity contribution is -0.384. The molecule has 2 rings (SSSR count). The predicted octanol–water partition coefficient (Wildman–Crippen LogP) is 2.61. The fraction of sp³-hybridized carbons (Fsp3) is 0.556. The van der Waals surface area contributed by atoms with Crippen LogP contribution in [-0.4, -0.2) is 55.5 Å². The standard InChI is InChI=1S/C18H25N3O5/c1-19(2)15-9-8-14(12-16(15)21(24)25)18(23)26-13-17(22)20-10-6-4-3-5-7-11-20/h8-9,12H,3-7,10-11,13H2,1-2H3. The molecule has 0 spiro atoms. The van der Waals surface area contributed by atoms with Gasteiger partial charge in [-0.1, -0.05) is 19.3 Å². The van der Waals surface area contributed by atoms with Gasteiger partial charge < -0.3 is 14.5 Å². The van der Waals surface area contributed by atoms with E-state index in [0.717, 1.165) is 25.7 Å². The highest BCUT2D eigenvalue weighted by Crippen LogP contribution is 2.28. The molecule has 0 N–H and O–H groups in total. The van der Waals surface area contributed by atoms with E-state index in [-0.39, 0.29) is 23.8 Å². The van der Waals surface area contributed by atoms with Crippen LogP contribution in [0.15, 0.2) is 18.2 Å². The van der Waals surface area contributed by atoms with Crippen molar-refractivity contribution < 1.29 is 19.2 Å². The molecule has 0 saturated carbocycles. The molecule has 1 aromatic carbocycles. The highest BCUT2D eigenvalue weighted by atomic mass is 16.6. The zero-order valence-electron chi connectivity index (χ0n) is 15.3. The van der Waals surface area contributed by atoms with Gasteiger partial charge in [-0.2, -0.15) is 0 Å². The lowest BCUT2D eigenvalue weighted by Crippen LogP contribution is -2.36. The molecule has 1 fully saturated rings. The number of carbonyl (C=O) groups excluding carboxylic acids is 2. The van der Waals surface area contributed by atoms with Crippen LogP contribution < -0.4 is 4.90 Å². The molecule has 1 aliphatic heterocycles. The molecule has 8 nitrogen and oxygen atoms in total. The second-order valence-corrected chi connectivity index (χ2v) is 6.58. The first-order chi connectivity index (χ1) is 12.4. The van der Waals surface area contributed by atoms with E-state index < -0.39 is 10.9 Å². The molecule has 0 radical (unpaired) electrons. The minimum absolute atomic E-state index is 0.0581. The number of ether oxygens (including phenoxy) is 1. The predicted molar refractivity (Wildman–Crippen MR) is 97.4 cm³/mol. The summed E-state index contributed by atoms with van der Waals surface area (Å²) in [5.41, 5.74) is 0.269. The molecule has 8 heteroatoms. The second kappa shape index (κ2) is 9.17. The fourth-order valence-corrected chi connectivity index (χ4v) is 2.97. The molecule has 1 heterocycles. The average molecular weight is 363 g/mol. The minimum Gasteiger partial charge on any atom is -0.452 e. The Labute approximate surface area is 152 Å². The Balaban J connectivity index is 1.99. The molecule has 0 atom stereocenters. The van der Waals surface area contributed by atoms with Gasteiger partial charge in [0.15, 0.2) is 6.61 Å². The number of anilines is 1. The van der Waals surface area contributed by atoms with Crippen LogP contribution in [0.2, 0.25) is 0 Å². The van der Waals surface area contributed by atoms with Crippen LogP contribution >= 0.6 is 0 Å². The number of carbonyl (C=O) groups is 2. The molecule has 1 saturated heterocycles. The SMILES string of the molecule is CN(C)c1ccc(C(=O)OCC(=O)N2CCCCCCC2)cc1[N+](=O)[O-]. The van der Waals surface area contributed by atoms with E-state index in [1.165, 1.54) is 24.6 Å². The van der Waals surface area contributed by atoms with Crippen molar-refractivity contribution >= 4 is 23.3 Å². The largest absolute Gasteiger partial charge is 0.452 e. The Kier molecular flexibility index (Phi) is 6.94. The number of amides is 1. The van der Waals surface area contributed by atoms with Gasteiger partial charge in [-0.3, -0.25) is 14.9 Å². The third-order valence-electron chi connectivity index (χ3n) is 4.43. The summed E-state index contributed by atoms with van der Waals surface area (Å²) in [7, 11) is 3.37. The molecule has 0 bridgehead atoms. The molecule has 0 unspecified atom stereocenters. The Morgan fingerprint density at radius 2 is 1.77 bits per heavy atom. The summed E-state index contributed by atoms with van der Waals surface area (Å²) in [5, 5.41) is 11.2. The number of likely N-dealkylation sites (tertiary alicyclic amines) is 1. The van der Waals surface area contributed by atoms with E-state index in [0.29, 0.717) is 18.8 Å². The van der Waals surface area contributed by atoms with Gasteiger partial charge in [-0.25, -0.2) is 4.79 Å². The van der Waals surface area contributed by atoms with Crippen LogP contribution in [0.25, 0.3) is 0 Å². The van der Waals surface area contributed by atoms with Crippen molar-refractivity contribution in [2.45, 2.75) is 32.1 Å². The number of nitro benzene ring substituents is 1. The van der Waals surface area contributed by atoms with E-state index in [4.69, 9.17) is 4.74 Å². The summed E-state index contributed by atoms with van der Waals surface area (Å²) in [4.78, 5) is 38.4. The average Bonchev–Trinajstić information content (AvgIpc) is 2.58. The molecule has 0 aliphatic carbocycles. The molecule has 1 amide bonds. The first kappa shape index (κ1) is 19.7. The summed E-state index contributed by atoms with van der Waals surface area (Å²) in [6, 6.07) is 4.14. The van der Waals surface area contributed by atoms with Crippen molar-refractivity contribution in [3.63, 3.8) is 0 Å². The summed E-state index contributed by atoms with van der Waals surface area (Å²) >= 11 is 0. The maximum absolute atomic E-state index is 12.3. The quantitative estimate of drug-likeness (QED) is 0.453. The maximum Gasteiger partial charge on any atom is 0.338 e. The monoisotopic (exact) mass is 363 g/mol. The van der Waals surface area contributed by atoms with Gasteiger partial charge in [0.25, 0.3) is 11.6 Å². The topological polar surface area (TPSA) is 93.0 Å². The van der Waals surface area contributed by atoms with Crippen molar-refractivity contribution in [1.82, 2.24) is 4.90 Å². The number of nitrogens with zero attached hydrogens (tertiary/aromatic N) is 3. The van der Waals surface area contributed by atoms with Crippen molar-refractivity contribution in [1.29, 1.82) is 0 Å². The Hall–Kier alpha value is -2.64. The number of esters is 1. The number of rotatable bonds is 5. The molecular formula is C18H25N3O5. The first-order valence-electron chi connectivity index (χ1n) is 8.81. The van der Waals surface area contributed by atoms with Gasteiger partial charge in [-0.15, -0.1) is 0 Å². The number of benzene rings is 1. The van der Waals surface area contributed by atoms with E-state index in [9.17, 15) is 19.7 Å². The molecule has 142 valence electrons. The minimum atomic E-state index is -0.737. The number of nitro groups is 1. The maximum atomic E-state index is 12.3. The van der Waals surface area contributed by atoms with Gasteiger partial charge in [0.05, 0.1) is 10.5 Å². The Morgan fingerprint density at radius 1 is 1.15 bits per heavy atom.